The highest BCUT2D eigenvalue weighted by atomic mass is 16.5. The first kappa shape index (κ1) is 12.4. The molecule has 0 spiro atoms. The van der Waals surface area contributed by atoms with Crippen molar-refractivity contribution >= 4 is 11.3 Å². The van der Waals surface area contributed by atoms with Crippen LogP contribution in [-0.2, 0) is 4.74 Å². The van der Waals surface area contributed by atoms with E-state index in [2.05, 4.69) is 43.3 Å². The molecule has 18 heavy (non-hydrogen) atoms. The van der Waals surface area contributed by atoms with Crippen LogP contribution in [0.1, 0.15) is 24.5 Å². The lowest BCUT2D eigenvalue weighted by Crippen LogP contribution is -1.94. The van der Waals surface area contributed by atoms with E-state index in [1.807, 2.05) is 24.3 Å². The van der Waals surface area contributed by atoms with Gasteiger partial charge in [-0.3, -0.25) is 0 Å². The van der Waals surface area contributed by atoms with Gasteiger partial charge in [-0.25, -0.2) is 0 Å². The molecule has 0 saturated carbocycles. The minimum Gasteiger partial charge on any atom is -0.496 e. The third kappa shape index (κ3) is 2.62. The highest BCUT2D eigenvalue weighted by Crippen LogP contribution is 2.29. The Morgan fingerprint density at radius 2 is 1.33 bits per heavy atom. The molecule has 0 heterocycles. The molecule has 0 atom stereocenters. The van der Waals surface area contributed by atoms with Crippen LogP contribution in [-0.4, -0.2) is 7.11 Å². The number of rotatable bonds is 4. The number of benzene rings is 2. The maximum Gasteiger partial charge on any atom is 0.129 e. The summed E-state index contributed by atoms with van der Waals surface area (Å²) in [5, 5.41) is 0. The Morgan fingerprint density at radius 3 is 1.78 bits per heavy atom. The molecule has 0 N–H and O–H groups in total. The molecule has 1 nitrogen and oxygen atoms in total. The van der Waals surface area contributed by atoms with Gasteiger partial charge in [0.25, 0.3) is 0 Å². The minimum absolute atomic E-state index is 0.947. The van der Waals surface area contributed by atoms with E-state index in [0.717, 1.165) is 17.7 Å². The Balaban J connectivity index is 2.53. The molecule has 0 aliphatic rings. The van der Waals surface area contributed by atoms with E-state index in [1.54, 1.807) is 7.11 Å². The van der Waals surface area contributed by atoms with E-state index >= 15 is 0 Å². The van der Waals surface area contributed by atoms with E-state index in [4.69, 9.17) is 4.74 Å². The van der Waals surface area contributed by atoms with Gasteiger partial charge in [0.05, 0.1) is 7.11 Å². The monoisotopic (exact) mass is 238 g/mol. The van der Waals surface area contributed by atoms with Crippen molar-refractivity contribution in [3.05, 3.63) is 71.8 Å². The lowest BCUT2D eigenvalue weighted by molar-refractivity contribution is 0.371. The zero-order chi connectivity index (χ0) is 12.8. The molecule has 2 aromatic carbocycles. The molecule has 92 valence electrons. The zero-order valence-electron chi connectivity index (χ0n) is 10.9. The van der Waals surface area contributed by atoms with Crippen LogP contribution in [0, 0.1) is 0 Å². The highest BCUT2D eigenvalue weighted by Gasteiger charge is 2.09. The quantitative estimate of drug-likeness (QED) is 0.558. The van der Waals surface area contributed by atoms with Crippen molar-refractivity contribution in [2.45, 2.75) is 13.3 Å². The average Bonchev–Trinajstić information content (AvgIpc) is 2.46. The van der Waals surface area contributed by atoms with Gasteiger partial charge in [0, 0.05) is 11.1 Å². The van der Waals surface area contributed by atoms with Crippen LogP contribution < -0.4 is 0 Å². The number of ether oxygens (including phenoxy) is 1. The molecule has 0 aromatic heterocycles. The summed E-state index contributed by atoms with van der Waals surface area (Å²) in [5.41, 5.74) is 3.59. The van der Waals surface area contributed by atoms with Crippen LogP contribution in [0.25, 0.3) is 11.3 Å². The molecule has 0 unspecified atom stereocenters. The van der Waals surface area contributed by atoms with Gasteiger partial charge in [0.2, 0.25) is 0 Å². The van der Waals surface area contributed by atoms with Crippen molar-refractivity contribution in [3.63, 3.8) is 0 Å². The summed E-state index contributed by atoms with van der Waals surface area (Å²) in [5.74, 6) is 0.962. The first-order valence-electron chi connectivity index (χ1n) is 6.24. The Kier molecular flexibility index (Phi) is 4.19. The largest absolute Gasteiger partial charge is 0.496 e. The van der Waals surface area contributed by atoms with Gasteiger partial charge in [0.1, 0.15) is 5.76 Å². The molecule has 1 heteroatoms. The molecule has 2 aromatic rings. The standard InChI is InChI=1S/C17H18O/c1-3-16(14-10-6-4-7-11-14)17(18-2)15-12-8-5-9-13-15/h4-13H,3H2,1-2H3/b17-16+. The molecule has 2 rings (SSSR count). The van der Waals surface area contributed by atoms with Crippen LogP contribution in [0.15, 0.2) is 60.7 Å². The maximum atomic E-state index is 5.62. The summed E-state index contributed by atoms with van der Waals surface area (Å²) >= 11 is 0. The molecular formula is C17H18O. The van der Waals surface area contributed by atoms with Crippen molar-refractivity contribution < 1.29 is 4.74 Å². The molecule has 0 fully saturated rings. The van der Waals surface area contributed by atoms with E-state index in [9.17, 15) is 0 Å². The number of methoxy groups -OCH3 is 1. The smallest absolute Gasteiger partial charge is 0.129 e. The second-order valence-corrected chi connectivity index (χ2v) is 4.10. The van der Waals surface area contributed by atoms with E-state index < -0.39 is 0 Å². The summed E-state index contributed by atoms with van der Waals surface area (Å²) < 4.78 is 5.62. The molecule has 0 amide bonds. The fraction of sp³-hybridized carbons (Fsp3) is 0.176. The first-order chi connectivity index (χ1) is 8.86. The molecular weight excluding hydrogens is 220 g/mol. The lowest BCUT2D eigenvalue weighted by atomic mass is 9.99. The van der Waals surface area contributed by atoms with Gasteiger partial charge >= 0.3 is 0 Å². The summed E-state index contributed by atoms with van der Waals surface area (Å²) in [6.45, 7) is 2.16. The predicted molar refractivity (Wildman–Crippen MR) is 77.0 cm³/mol. The van der Waals surface area contributed by atoms with Crippen LogP contribution in [0.5, 0.6) is 0 Å². The van der Waals surface area contributed by atoms with Gasteiger partial charge in [-0.05, 0) is 12.0 Å². The number of hydrogen-bond donors (Lipinski definition) is 0. The van der Waals surface area contributed by atoms with Crippen LogP contribution in [0.3, 0.4) is 0 Å². The summed E-state index contributed by atoms with van der Waals surface area (Å²) in [6, 6.07) is 20.7. The third-order valence-electron chi connectivity index (χ3n) is 2.99. The lowest BCUT2D eigenvalue weighted by Gasteiger charge is -2.13. The van der Waals surface area contributed by atoms with E-state index in [1.165, 1.54) is 11.1 Å². The fourth-order valence-corrected chi connectivity index (χ4v) is 2.14. The van der Waals surface area contributed by atoms with Gasteiger partial charge in [-0.2, -0.15) is 0 Å². The minimum atomic E-state index is 0.947. The molecule has 0 radical (unpaired) electrons. The second kappa shape index (κ2) is 6.06. The highest BCUT2D eigenvalue weighted by molar-refractivity contribution is 5.87. The molecule has 0 saturated heterocycles. The summed E-state index contributed by atoms with van der Waals surface area (Å²) in [4.78, 5) is 0. The zero-order valence-corrected chi connectivity index (χ0v) is 10.9. The fourth-order valence-electron chi connectivity index (χ4n) is 2.14. The molecule has 0 aliphatic heterocycles. The van der Waals surface area contributed by atoms with Crippen molar-refractivity contribution in [3.8, 4) is 0 Å². The van der Waals surface area contributed by atoms with Crippen LogP contribution in [0.4, 0.5) is 0 Å². The maximum absolute atomic E-state index is 5.62. The normalized spacial score (nSPS) is 11.9. The Bertz CT molecular complexity index is 462. The van der Waals surface area contributed by atoms with Crippen molar-refractivity contribution in [1.82, 2.24) is 0 Å². The number of allylic oxidation sites excluding steroid dienone is 1. The van der Waals surface area contributed by atoms with Crippen molar-refractivity contribution in [2.24, 2.45) is 0 Å². The number of hydrogen-bond acceptors (Lipinski definition) is 1. The van der Waals surface area contributed by atoms with Crippen molar-refractivity contribution in [2.75, 3.05) is 7.11 Å². The Morgan fingerprint density at radius 1 is 0.833 bits per heavy atom. The average molecular weight is 238 g/mol. The Labute approximate surface area is 109 Å². The Hall–Kier alpha value is -2.02. The summed E-state index contributed by atoms with van der Waals surface area (Å²) in [6.07, 6.45) is 0.947. The van der Waals surface area contributed by atoms with Crippen LogP contribution in [0.2, 0.25) is 0 Å². The molecule has 0 aliphatic carbocycles. The van der Waals surface area contributed by atoms with Gasteiger partial charge in [0.15, 0.2) is 0 Å². The first-order valence-corrected chi connectivity index (χ1v) is 6.24. The third-order valence-corrected chi connectivity index (χ3v) is 2.99. The SMILES string of the molecule is CC/C(=C(\OC)c1ccccc1)c1ccccc1. The second-order valence-electron chi connectivity index (χ2n) is 4.10. The van der Waals surface area contributed by atoms with E-state index in [-0.39, 0.29) is 0 Å². The summed E-state index contributed by atoms with van der Waals surface area (Å²) in [7, 11) is 1.74. The topological polar surface area (TPSA) is 9.23 Å². The van der Waals surface area contributed by atoms with E-state index in [0.29, 0.717) is 0 Å². The molecule has 0 bridgehead atoms. The van der Waals surface area contributed by atoms with Gasteiger partial charge in [-0.1, -0.05) is 67.6 Å². The van der Waals surface area contributed by atoms with Crippen LogP contribution >= 0.6 is 0 Å². The van der Waals surface area contributed by atoms with Gasteiger partial charge in [-0.15, -0.1) is 0 Å². The predicted octanol–water partition coefficient (Wildman–Crippen LogP) is 4.61. The van der Waals surface area contributed by atoms with Gasteiger partial charge < -0.3 is 4.74 Å². The van der Waals surface area contributed by atoms with Crippen molar-refractivity contribution in [1.29, 1.82) is 0 Å².